The van der Waals surface area contributed by atoms with Gasteiger partial charge in [0.2, 0.25) is 5.91 Å². The van der Waals surface area contributed by atoms with Crippen molar-refractivity contribution in [3.63, 3.8) is 0 Å². The minimum Gasteiger partial charge on any atom is -0.384 e. The Balaban J connectivity index is 1.10. The third-order valence-electron chi connectivity index (χ3n) is 8.17. The number of fused-ring (bicyclic) bond motifs is 1. The maximum absolute atomic E-state index is 13.2. The molecule has 1 aliphatic heterocycles. The van der Waals surface area contributed by atoms with Crippen LogP contribution in [0.1, 0.15) is 60.9 Å². The van der Waals surface area contributed by atoms with Crippen LogP contribution in [0.25, 0.3) is 10.9 Å². The number of benzene rings is 1. The summed E-state index contributed by atoms with van der Waals surface area (Å²) in [7, 11) is 1.72. The van der Waals surface area contributed by atoms with Gasteiger partial charge >= 0.3 is 6.18 Å². The molecule has 1 aliphatic carbocycles. The molecule has 1 aromatic carbocycles. The van der Waals surface area contributed by atoms with Crippen LogP contribution in [0, 0.1) is 0 Å². The maximum atomic E-state index is 13.2. The van der Waals surface area contributed by atoms with Gasteiger partial charge in [-0.2, -0.15) is 18.3 Å². The van der Waals surface area contributed by atoms with Crippen molar-refractivity contribution in [2.24, 2.45) is 7.05 Å². The molecule has 3 heterocycles. The first kappa shape index (κ1) is 27.9. The molecule has 3 aromatic rings. The molecule has 12 heteroatoms. The Hall–Kier alpha value is -2.70. The second-order valence-corrected chi connectivity index (χ2v) is 11.9. The van der Waals surface area contributed by atoms with Crippen molar-refractivity contribution in [1.29, 1.82) is 0 Å². The summed E-state index contributed by atoms with van der Waals surface area (Å²) >= 11 is 1.60. The van der Waals surface area contributed by atoms with Gasteiger partial charge in [-0.05, 0) is 56.7 Å². The van der Waals surface area contributed by atoms with Gasteiger partial charge in [-0.15, -0.1) is 11.3 Å². The number of anilines is 1. The van der Waals surface area contributed by atoms with E-state index in [1.54, 1.807) is 29.1 Å². The van der Waals surface area contributed by atoms with E-state index in [2.05, 4.69) is 32.5 Å². The summed E-state index contributed by atoms with van der Waals surface area (Å²) in [5, 5.41) is 23.1. The number of nitrogens with zero attached hydrogens (tertiary/aromatic N) is 4. The summed E-state index contributed by atoms with van der Waals surface area (Å²) in [6.45, 7) is 4.71. The summed E-state index contributed by atoms with van der Waals surface area (Å²) in [4.78, 5) is 20.3. The number of carbonyl (C=O) groups excluding carboxylic acids is 1. The molecule has 0 spiro atoms. The fourth-order valence-electron chi connectivity index (χ4n) is 5.60. The van der Waals surface area contributed by atoms with Crippen LogP contribution < -0.4 is 10.6 Å². The molecule has 2 aliphatic rings. The number of hydrogen-bond acceptors (Lipinski definition) is 7. The molecular formula is C27H35F3N6O2S. The minimum atomic E-state index is -4.33. The maximum Gasteiger partial charge on any atom is 0.395 e. The Morgan fingerprint density at radius 1 is 1.28 bits per heavy atom. The number of likely N-dealkylation sites (tertiary alicyclic amines) is 1. The van der Waals surface area contributed by atoms with Crippen LogP contribution in [0.2, 0.25) is 0 Å². The van der Waals surface area contributed by atoms with Crippen molar-refractivity contribution < 1.29 is 23.1 Å². The first-order valence-electron chi connectivity index (χ1n) is 13.4. The Morgan fingerprint density at radius 3 is 2.64 bits per heavy atom. The average Bonchev–Trinajstić information content (AvgIpc) is 3.49. The molecule has 212 valence electrons. The van der Waals surface area contributed by atoms with E-state index in [9.17, 15) is 23.1 Å². The Bertz CT molecular complexity index is 1320. The van der Waals surface area contributed by atoms with Crippen LogP contribution in [0.15, 0.2) is 24.4 Å². The number of aromatic nitrogens is 3. The lowest BCUT2D eigenvalue weighted by Gasteiger charge is -2.48. The molecule has 39 heavy (non-hydrogen) atoms. The van der Waals surface area contributed by atoms with Gasteiger partial charge in [-0.3, -0.25) is 14.4 Å². The van der Waals surface area contributed by atoms with Gasteiger partial charge in [0, 0.05) is 37.8 Å². The largest absolute Gasteiger partial charge is 0.395 e. The van der Waals surface area contributed by atoms with Crippen LogP contribution in [-0.2, 0) is 23.9 Å². The molecule has 1 amide bonds. The summed E-state index contributed by atoms with van der Waals surface area (Å²) in [5.41, 5.74) is 0.0580. The van der Waals surface area contributed by atoms with Gasteiger partial charge in [0.1, 0.15) is 5.60 Å². The van der Waals surface area contributed by atoms with Gasteiger partial charge in [0.25, 0.3) is 0 Å². The Labute approximate surface area is 229 Å². The molecule has 5 rings (SSSR count). The van der Waals surface area contributed by atoms with Gasteiger partial charge in [-0.1, -0.05) is 13.0 Å². The zero-order valence-corrected chi connectivity index (χ0v) is 23.2. The molecule has 1 saturated carbocycles. The van der Waals surface area contributed by atoms with Crippen molar-refractivity contribution in [1.82, 2.24) is 25.0 Å². The topological polar surface area (TPSA) is 95.3 Å². The first-order valence-corrected chi connectivity index (χ1v) is 14.3. The lowest BCUT2D eigenvalue weighted by molar-refractivity contribution is -0.146. The summed E-state index contributed by atoms with van der Waals surface area (Å²) < 4.78 is 41.2. The second kappa shape index (κ2) is 10.7. The van der Waals surface area contributed by atoms with Gasteiger partial charge in [0.05, 0.1) is 33.9 Å². The van der Waals surface area contributed by atoms with E-state index in [1.165, 1.54) is 12.1 Å². The number of aliphatic hydroxyl groups is 1. The Morgan fingerprint density at radius 2 is 2.00 bits per heavy atom. The zero-order chi connectivity index (χ0) is 27.9. The highest BCUT2D eigenvalue weighted by Crippen LogP contribution is 2.41. The fraction of sp³-hybridized carbons (Fsp3) is 0.593. The molecule has 1 atom stereocenters. The number of thiazole rings is 1. The van der Waals surface area contributed by atoms with Crippen LogP contribution >= 0.6 is 11.3 Å². The van der Waals surface area contributed by atoms with E-state index < -0.39 is 17.7 Å². The quantitative estimate of drug-likeness (QED) is 0.378. The van der Waals surface area contributed by atoms with Gasteiger partial charge < -0.3 is 15.7 Å². The van der Waals surface area contributed by atoms with E-state index in [4.69, 9.17) is 0 Å². The van der Waals surface area contributed by atoms with Crippen molar-refractivity contribution in [3.05, 3.63) is 39.8 Å². The third-order valence-corrected chi connectivity index (χ3v) is 9.50. The standard InChI is InChI=1S/C27H35F3N6O2S/c1-4-24-31-12-22(39-24)26(38)9-7-19(8-10-26)36-14-18(15-36)33-23(37)13-32-25-20-11-17(16(2)27(28,29)30)5-6-21(20)35(3)34-25/h5-6,11-12,16,18-19,38H,4,7-10,13-15H2,1-3H3,(H,32,34)(H,33,37). The van der Waals surface area contributed by atoms with E-state index >= 15 is 0 Å². The molecule has 3 N–H and O–H groups in total. The lowest BCUT2D eigenvalue weighted by atomic mass is 9.80. The molecule has 2 aromatic heterocycles. The van der Waals surface area contributed by atoms with E-state index in [0.717, 1.165) is 49.2 Å². The van der Waals surface area contributed by atoms with Crippen molar-refractivity contribution in [3.8, 4) is 0 Å². The first-order chi connectivity index (χ1) is 18.5. The molecule has 2 fully saturated rings. The van der Waals surface area contributed by atoms with Crippen molar-refractivity contribution >= 4 is 34.0 Å². The number of rotatable bonds is 8. The van der Waals surface area contributed by atoms with Crippen LogP contribution in [0.5, 0.6) is 0 Å². The SMILES string of the molecule is CCc1ncc(C2(O)CCC(N3CC(NC(=O)CNc4nn(C)c5ccc(C(C)C(F)(F)F)cc45)C3)CC2)s1. The van der Waals surface area contributed by atoms with Crippen molar-refractivity contribution in [2.75, 3.05) is 25.0 Å². The third kappa shape index (κ3) is 5.78. The monoisotopic (exact) mass is 564 g/mol. The Kier molecular flexibility index (Phi) is 7.64. The number of nitrogens with one attached hydrogen (secondary N) is 2. The highest BCUT2D eigenvalue weighted by Gasteiger charge is 2.41. The number of alkyl halides is 3. The molecular weight excluding hydrogens is 529 g/mol. The van der Waals surface area contributed by atoms with Gasteiger partial charge in [-0.25, -0.2) is 4.98 Å². The zero-order valence-electron chi connectivity index (χ0n) is 22.4. The van der Waals surface area contributed by atoms with Crippen molar-refractivity contribution in [2.45, 2.75) is 75.7 Å². The number of halogens is 3. The number of hydrogen-bond donors (Lipinski definition) is 3. The molecule has 1 unspecified atom stereocenters. The summed E-state index contributed by atoms with van der Waals surface area (Å²) in [6, 6.07) is 5.03. The second-order valence-electron chi connectivity index (χ2n) is 10.8. The molecule has 8 nitrogen and oxygen atoms in total. The predicted molar refractivity (Wildman–Crippen MR) is 145 cm³/mol. The lowest BCUT2D eigenvalue weighted by Crippen LogP contribution is -2.63. The molecule has 0 bridgehead atoms. The van der Waals surface area contributed by atoms with Crippen LogP contribution in [0.4, 0.5) is 19.0 Å². The van der Waals surface area contributed by atoms with E-state index in [1.807, 2.05) is 6.20 Å². The minimum absolute atomic E-state index is 0.0211. The summed E-state index contributed by atoms with van der Waals surface area (Å²) in [5.74, 6) is -1.40. The normalized spacial score (nSPS) is 23.5. The van der Waals surface area contributed by atoms with Crippen LogP contribution in [0.3, 0.4) is 0 Å². The predicted octanol–water partition coefficient (Wildman–Crippen LogP) is 4.30. The highest BCUT2D eigenvalue weighted by molar-refractivity contribution is 7.11. The highest BCUT2D eigenvalue weighted by atomic mass is 32.1. The average molecular weight is 565 g/mol. The van der Waals surface area contributed by atoms with Crippen LogP contribution in [-0.4, -0.2) is 68.6 Å². The van der Waals surface area contributed by atoms with Gasteiger partial charge in [0.15, 0.2) is 5.82 Å². The number of amides is 1. The fourth-order valence-corrected chi connectivity index (χ4v) is 6.60. The summed E-state index contributed by atoms with van der Waals surface area (Å²) in [6.07, 6.45) is 1.59. The molecule has 0 radical (unpaired) electrons. The smallest absolute Gasteiger partial charge is 0.384 e. The number of carbonyl (C=O) groups is 1. The van der Waals surface area contributed by atoms with E-state index in [0.29, 0.717) is 35.6 Å². The van der Waals surface area contributed by atoms with E-state index in [-0.39, 0.29) is 24.1 Å². The molecule has 1 saturated heterocycles. The number of aryl methyl sites for hydroxylation is 2.